The lowest BCUT2D eigenvalue weighted by Crippen LogP contribution is -2.18. The Morgan fingerprint density at radius 1 is 1.21 bits per heavy atom. The van der Waals surface area contributed by atoms with Gasteiger partial charge in [0.2, 0.25) is 5.28 Å². The fourth-order valence-corrected chi connectivity index (χ4v) is 5.03. The van der Waals surface area contributed by atoms with Crippen molar-refractivity contribution in [1.29, 1.82) is 0 Å². The van der Waals surface area contributed by atoms with E-state index in [1.807, 2.05) is 0 Å². The SMILES string of the molecule is CCN(c1cccc(C)c1)c1nc(Cl)nc2sc3c(c12)CCCC3. The van der Waals surface area contributed by atoms with Crippen molar-refractivity contribution in [2.75, 3.05) is 11.4 Å². The molecule has 0 unspecified atom stereocenters. The van der Waals surface area contributed by atoms with Crippen LogP contribution in [0.4, 0.5) is 11.5 Å². The minimum absolute atomic E-state index is 0.335. The Bertz CT molecular complexity index is 903. The fourth-order valence-electron chi connectivity index (χ4n) is 3.56. The van der Waals surface area contributed by atoms with E-state index in [4.69, 9.17) is 11.6 Å². The van der Waals surface area contributed by atoms with Gasteiger partial charge in [-0.15, -0.1) is 11.3 Å². The van der Waals surface area contributed by atoms with Crippen molar-refractivity contribution < 1.29 is 0 Å². The highest BCUT2D eigenvalue weighted by atomic mass is 35.5. The Morgan fingerprint density at radius 2 is 2.04 bits per heavy atom. The van der Waals surface area contributed by atoms with Gasteiger partial charge < -0.3 is 4.90 Å². The molecule has 1 aliphatic carbocycles. The maximum absolute atomic E-state index is 6.26. The molecule has 2 aromatic heterocycles. The summed E-state index contributed by atoms with van der Waals surface area (Å²) in [5.74, 6) is 0.956. The van der Waals surface area contributed by atoms with E-state index in [1.54, 1.807) is 11.3 Å². The molecule has 0 radical (unpaired) electrons. The molecule has 0 amide bonds. The third-order valence-corrected chi connectivity index (χ3v) is 6.01. The maximum Gasteiger partial charge on any atom is 0.225 e. The summed E-state index contributed by atoms with van der Waals surface area (Å²) in [5.41, 5.74) is 3.85. The van der Waals surface area contributed by atoms with Gasteiger partial charge in [-0.3, -0.25) is 0 Å². The van der Waals surface area contributed by atoms with Crippen LogP contribution in [0.2, 0.25) is 5.28 Å². The molecule has 0 fully saturated rings. The topological polar surface area (TPSA) is 29.0 Å². The molecule has 0 spiro atoms. The molecule has 0 bridgehead atoms. The molecular weight excluding hydrogens is 338 g/mol. The number of anilines is 2. The third kappa shape index (κ3) is 2.68. The molecule has 3 nitrogen and oxygen atoms in total. The van der Waals surface area contributed by atoms with Crippen LogP contribution in [0, 0.1) is 6.92 Å². The highest BCUT2D eigenvalue weighted by Gasteiger charge is 2.23. The Labute approximate surface area is 151 Å². The van der Waals surface area contributed by atoms with Crippen LogP contribution in [-0.2, 0) is 12.8 Å². The third-order valence-electron chi connectivity index (χ3n) is 4.65. The van der Waals surface area contributed by atoms with Gasteiger partial charge in [0.1, 0.15) is 10.6 Å². The van der Waals surface area contributed by atoms with E-state index < -0.39 is 0 Å². The van der Waals surface area contributed by atoms with Gasteiger partial charge in [-0.1, -0.05) is 12.1 Å². The summed E-state index contributed by atoms with van der Waals surface area (Å²) >= 11 is 8.06. The summed E-state index contributed by atoms with van der Waals surface area (Å²) in [6.07, 6.45) is 4.80. The van der Waals surface area contributed by atoms with Crippen LogP contribution in [0.15, 0.2) is 24.3 Å². The van der Waals surface area contributed by atoms with Crippen LogP contribution in [0.3, 0.4) is 0 Å². The number of rotatable bonds is 3. The van der Waals surface area contributed by atoms with Crippen molar-refractivity contribution in [3.05, 3.63) is 45.6 Å². The number of aromatic nitrogens is 2. The Kier molecular flexibility index (Phi) is 4.19. The van der Waals surface area contributed by atoms with Crippen molar-refractivity contribution in [3.8, 4) is 0 Å². The van der Waals surface area contributed by atoms with Gasteiger partial charge in [-0.05, 0) is 74.4 Å². The molecular formula is C19H20ClN3S. The summed E-state index contributed by atoms with van der Waals surface area (Å²) in [4.78, 5) is 13.9. The zero-order chi connectivity index (χ0) is 16.7. The average molecular weight is 358 g/mol. The lowest BCUT2D eigenvalue weighted by Gasteiger charge is -2.24. The molecule has 0 saturated carbocycles. The first kappa shape index (κ1) is 15.9. The van der Waals surface area contributed by atoms with Gasteiger partial charge in [0.05, 0.1) is 5.39 Å². The monoisotopic (exact) mass is 357 g/mol. The second kappa shape index (κ2) is 6.34. The Hall–Kier alpha value is -1.65. The Balaban J connectivity index is 1.95. The van der Waals surface area contributed by atoms with Gasteiger partial charge >= 0.3 is 0 Å². The van der Waals surface area contributed by atoms with Gasteiger partial charge in [0.15, 0.2) is 0 Å². The van der Waals surface area contributed by atoms with E-state index in [2.05, 4.69) is 53.0 Å². The zero-order valence-electron chi connectivity index (χ0n) is 14.0. The standard InChI is InChI=1S/C19H20ClN3S/c1-3-23(13-8-6-7-12(2)11-13)17-16-14-9-4-5-10-15(14)24-18(16)22-19(20)21-17/h6-8,11H,3-5,9-10H2,1-2H3. The molecule has 3 aromatic rings. The van der Waals surface area contributed by atoms with E-state index in [1.165, 1.54) is 34.2 Å². The van der Waals surface area contributed by atoms with Crippen LogP contribution in [0.5, 0.6) is 0 Å². The van der Waals surface area contributed by atoms with Crippen LogP contribution >= 0.6 is 22.9 Å². The van der Waals surface area contributed by atoms with Crippen molar-refractivity contribution >= 4 is 44.7 Å². The quantitative estimate of drug-likeness (QED) is 0.564. The lowest BCUT2D eigenvalue weighted by molar-refractivity contribution is 0.700. The van der Waals surface area contributed by atoms with E-state index in [9.17, 15) is 0 Å². The normalized spacial score (nSPS) is 14.0. The first-order valence-electron chi connectivity index (χ1n) is 8.49. The zero-order valence-corrected chi connectivity index (χ0v) is 15.5. The number of fused-ring (bicyclic) bond motifs is 3. The van der Waals surface area contributed by atoms with Gasteiger partial charge in [0.25, 0.3) is 0 Å². The first-order valence-corrected chi connectivity index (χ1v) is 9.69. The van der Waals surface area contributed by atoms with Crippen LogP contribution < -0.4 is 4.90 Å². The summed E-state index contributed by atoms with van der Waals surface area (Å²) in [7, 11) is 0. The van der Waals surface area contributed by atoms with Crippen molar-refractivity contribution in [1.82, 2.24) is 9.97 Å². The Morgan fingerprint density at radius 3 is 2.83 bits per heavy atom. The highest BCUT2D eigenvalue weighted by Crippen LogP contribution is 2.41. The molecule has 5 heteroatoms. The van der Waals surface area contributed by atoms with Crippen molar-refractivity contribution in [2.45, 2.75) is 39.5 Å². The smallest absolute Gasteiger partial charge is 0.225 e. The van der Waals surface area contributed by atoms with Crippen LogP contribution in [-0.4, -0.2) is 16.5 Å². The number of benzene rings is 1. The number of hydrogen-bond donors (Lipinski definition) is 0. The van der Waals surface area contributed by atoms with Gasteiger partial charge in [0, 0.05) is 17.1 Å². The molecule has 2 heterocycles. The van der Waals surface area contributed by atoms with Crippen LogP contribution in [0.1, 0.15) is 35.8 Å². The minimum atomic E-state index is 0.335. The second-order valence-corrected chi connectivity index (χ2v) is 7.71. The fraction of sp³-hybridized carbons (Fsp3) is 0.368. The highest BCUT2D eigenvalue weighted by molar-refractivity contribution is 7.19. The summed E-state index contributed by atoms with van der Waals surface area (Å²) in [5, 5.41) is 1.55. The lowest BCUT2D eigenvalue weighted by atomic mass is 9.97. The predicted molar refractivity (Wildman–Crippen MR) is 103 cm³/mol. The molecule has 0 aliphatic heterocycles. The maximum atomic E-state index is 6.26. The number of thiophene rings is 1. The average Bonchev–Trinajstić information content (AvgIpc) is 2.93. The summed E-state index contributed by atoms with van der Waals surface area (Å²) < 4.78 is 0. The molecule has 0 N–H and O–H groups in total. The molecule has 4 rings (SSSR count). The minimum Gasteiger partial charge on any atom is -0.326 e. The number of nitrogens with zero attached hydrogens (tertiary/aromatic N) is 3. The van der Waals surface area contributed by atoms with Crippen molar-refractivity contribution in [2.24, 2.45) is 0 Å². The first-order chi connectivity index (χ1) is 11.7. The largest absolute Gasteiger partial charge is 0.326 e. The number of halogens is 1. The van der Waals surface area contributed by atoms with E-state index in [-0.39, 0.29) is 0 Å². The van der Waals surface area contributed by atoms with E-state index in [0.29, 0.717) is 5.28 Å². The molecule has 1 aliphatic rings. The van der Waals surface area contributed by atoms with E-state index in [0.717, 1.165) is 35.7 Å². The van der Waals surface area contributed by atoms with E-state index >= 15 is 0 Å². The van der Waals surface area contributed by atoms with Crippen molar-refractivity contribution in [3.63, 3.8) is 0 Å². The molecule has 24 heavy (non-hydrogen) atoms. The molecule has 0 saturated heterocycles. The molecule has 0 atom stereocenters. The molecule has 1 aromatic carbocycles. The number of hydrogen-bond acceptors (Lipinski definition) is 4. The predicted octanol–water partition coefficient (Wildman–Crippen LogP) is 5.69. The van der Waals surface area contributed by atoms with Crippen LogP contribution in [0.25, 0.3) is 10.2 Å². The second-order valence-electron chi connectivity index (χ2n) is 6.29. The number of aryl methyl sites for hydroxylation is 3. The summed E-state index contributed by atoms with van der Waals surface area (Å²) in [6.45, 7) is 5.12. The summed E-state index contributed by atoms with van der Waals surface area (Å²) in [6, 6.07) is 8.55. The van der Waals surface area contributed by atoms with Gasteiger partial charge in [-0.25, -0.2) is 4.98 Å². The molecule has 124 valence electrons. The van der Waals surface area contributed by atoms with Gasteiger partial charge in [-0.2, -0.15) is 4.98 Å².